The van der Waals surface area contributed by atoms with Crippen LogP contribution in [-0.4, -0.2) is 13.7 Å². The lowest BCUT2D eigenvalue weighted by Crippen LogP contribution is -2.04. The van der Waals surface area contributed by atoms with Crippen molar-refractivity contribution < 1.29 is 14.2 Å². The van der Waals surface area contributed by atoms with E-state index in [1.54, 1.807) is 13.4 Å². The first kappa shape index (κ1) is 10.1. The predicted molar refractivity (Wildman–Crippen MR) is 56.5 cm³/mol. The number of benzene rings is 1. The van der Waals surface area contributed by atoms with Gasteiger partial charge in [0.2, 0.25) is 6.29 Å². The van der Waals surface area contributed by atoms with Crippen molar-refractivity contribution in [2.24, 2.45) is 0 Å². The normalized spacial score (nSPS) is 20.5. The molecule has 1 unspecified atom stereocenters. The monoisotopic (exact) mass is 206 g/mol. The topological polar surface area (TPSA) is 27.7 Å². The molecule has 0 spiro atoms. The highest BCUT2D eigenvalue weighted by Crippen LogP contribution is 2.23. The average Bonchev–Trinajstić information content (AvgIpc) is 2.58. The molecule has 1 heterocycles. The van der Waals surface area contributed by atoms with Crippen molar-refractivity contribution >= 4 is 0 Å². The molecule has 0 radical (unpaired) electrons. The standard InChI is InChI=1S/C12H14O3/c1-13-11-6-4-10(5-7-11)12-14-8-2-3-9-15-12/h2,4-8,12H,3,9H2,1H3. The molecule has 80 valence electrons. The molecule has 1 aromatic carbocycles. The van der Waals surface area contributed by atoms with Crippen LogP contribution >= 0.6 is 0 Å². The highest BCUT2D eigenvalue weighted by Gasteiger charge is 2.13. The molecular formula is C12H14O3. The number of hydrogen-bond donors (Lipinski definition) is 0. The first-order valence-electron chi connectivity index (χ1n) is 4.96. The maximum absolute atomic E-state index is 5.54. The smallest absolute Gasteiger partial charge is 0.225 e. The van der Waals surface area contributed by atoms with Crippen LogP contribution in [0.3, 0.4) is 0 Å². The van der Waals surface area contributed by atoms with Crippen LogP contribution in [0.2, 0.25) is 0 Å². The van der Waals surface area contributed by atoms with Gasteiger partial charge in [0.25, 0.3) is 0 Å². The van der Waals surface area contributed by atoms with Crippen LogP contribution < -0.4 is 4.74 Å². The lowest BCUT2D eigenvalue weighted by atomic mass is 10.2. The summed E-state index contributed by atoms with van der Waals surface area (Å²) in [6, 6.07) is 7.69. The van der Waals surface area contributed by atoms with E-state index in [-0.39, 0.29) is 6.29 Å². The van der Waals surface area contributed by atoms with Crippen LogP contribution in [0.5, 0.6) is 5.75 Å². The van der Waals surface area contributed by atoms with E-state index < -0.39 is 0 Å². The number of rotatable bonds is 2. The van der Waals surface area contributed by atoms with Gasteiger partial charge in [0, 0.05) is 5.56 Å². The zero-order valence-corrected chi connectivity index (χ0v) is 8.68. The second-order valence-electron chi connectivity index (χ2n) is 3.27. The van der Waals surface area contributed by atoms with E-state index in [9.17, 15) is 0 Å². The lowest BCUT2D eigenvalue weighted by Gasteiger charge is -2.15. The van der Waals surface area contributed by atoms with E-state index in [1.807, 2.05) is 30.3 Å². The van der Waals surface area contributed by atoms with Gasteiger partial charge in [-0.15, -0.1) is 0 Å². The van der Waals surface area contributed by atoms with E-state index in [0.29, 0.717) is 6.61 Å². The van der Waals surface area contributed by atoms with Gasteiger partial charge in [-0.3, -0.25) is 0 Å². The van der Waals surface area contributed by atoms with Gasteiger partial charge in [-0.05, 0) is 36.8 Å². The van der Waals surface area contributed by atoms with Gasteiger partial charge >= 0.3 is 0 Å². The Morgan fingerprint density at radius 1 is 1.27 bits per heavy atom. The maximum atomic E-state index is 5.54. The fourth-order valence-corrected chi connectivity index (χ4v) is 1.41. The van der Waals surface area contributed by atoms with Gasteiger partial charge < -0.3 is 14.2 Å². The van der Waals surface area contributed by atoms with Crippen molar-refractivity contribution in [3.8, 4) is 5.75 Å². The van der Waals surface area contributed by atoms with Crippen molar-refractivity contribution in [3.05, 3.63) is 42.2 Å². The third-order valence-corrected chi connectivity index (χ3v) is 2.24. The van der Waals surface area contributed by atoms with E-state index in [0.717, 1.165) is 17.7 Å². The fourth-order valence-electron chi connectivity index (χ4n) is 1.41. The van der Waals surface area contributed by atoms with Crippen LogP contribution in [0.4, 0.5) is 0 Å². The van der Waals surface area contributed by atoms with Gasteiger partial charge in [-0.25, -0.2) is 0 Å². The molecular weight excluding hydrogens is 192 g/mol. The summed E-state index contributed by atoms with van der Waals surface area (Å²) in [6.45, 7) is 0.688. The lowest BCUT2D eigenvalue weighted by molar-refractivity contribution is -0.102. The number of hydrogen-bond acceptors (Lipinski definition) is 3. The molecule has 0 bridgehead atoms. The average molecular weight is 206 g/mol. The highest BCUT2D eigenvalue weighted by atomic mass is 16.7. The molecule has 15 heavy (non-hydrogen) atoms. The molecule has 1 aromatic rings. The Kier molecular flexibility index (Phi) is 3.25. The molecule has 0 aromatic heterocycles. The van der Waals surface area contributed by atoms with Crippen molar-refractivity contribution in [1.82, 2.24) is 0 Å². The third kappa shape index (κ3) is 2.50. The zero-order chi connectivity index (χ0) is 10.5. The predicted octanol–water partition coefficient (Wildman–Crippen LogP) is 2.64. The molecule has 0 amide bonds. The van der Waals surface area contributed by atoms with E-state index in [1.165, 1.54) is 0 Å². The number of ether oxygens (including phenoxy) is 3. The molecule has 1 aliphatic rings. The maximum Gasteiger partial charge on any atom is 0.225 e. The quantitative estimate of drug-likeness (QED) is 0.744. The molecule has 1 aliphatic heterocycles. The van der Waals surface area contributed by atoms with E-state index in [4.69, 9.17) is 14.2 Å². The van der Waals surface area contributed by atoms with Gasteiger partial charge in [0.1, 0.15) is 5.75 Å². The summed E-state index contributed by atoms with van der Waals surface area (Å²) in [5.41, 5.74) is 1.00. The van der Waals surface area contributed by atoms with Crippen LogP contribution in [0, 0.1) is 0 Å². The largest absolute Gasteiger partial charge is 0.497 e. The minimum absolute atomic E-state index is 0.297. The molecule has 1 atom stereocenters. The Bertz CT molecular complexity index is 329. The molecule has 0 fully saturated rings. The molecule has 2 rings (SSSR count). The van der Waals surface area contributed by atoms with Gasteiger partial charge in [0.15, 0.2) is 0 Å². The van der Waals surface area contributed by atoms with Crippen molar-refractivity contribution in [1.29, 1.82) is 0 Å². The van der Waals surface area contributed by atoms with Crippen molar-refractivity contribution in [3.63, 3.8) is 0 Å². The van der Waals surface area contributed by atoms with Crippen LogP contribution in [0.15, 0.2) is 36.6 Å². The third-order valence-electron chi connectivity index (χ3n) is 2.24. The second-order valence-corrected chi connectivity index (χ2v) is 3.27. The fraction of sp³-hybridized carbons (Fsp3) is 0.333. The van der Waals surface area contributed by atoms with E-state index in [2.05, 4.69) is 0 Å². The first-order valence-corrected chi connectivity index (χ1v) is 4.96. The van der Waals surface area contributed by atoms with Crippen LogP contribution in [-0.2, 0) is 9.47 Å². The Balaban J connectivity index is 2.10. The molecule has 0 N–H and O–H groups in total. The summed E-state index contributed by atoms with van der Waals surface area (Å²) in [4.78, 5) is 0. The Morgan fingerprint density at radius 2 is 2.07 bits per heavy atom. The SMILES string of the molecule is COc1ccc(C2OC=CCCO2)cc1. The van der Waals surface area contributed by atoms with Crippen molar-refractivity contribution in [2.75, 3.05) is 13.7 Å². The molecule has 0 saturated heterocycles. The van der Waals surface area contributed by atoms with Gasteiger partial charge in [-0.1, -0.05) is 0 Å². The Labute approximate surface area is 89.3 Å². The summed E-state index contributed by atoms with van der Waals surface area (Å²) in [5.74, 6) is 0.836. The Hall–Kier alpha value is -1.48. The minimum Gasteiger partial charge on any atom is -0.497 e. The number of methoxy groups -OCH3 is 1. The summed E-state index contributed by atoms with van der Waals surface area (Å²) in [7, 11) is 1.65. The first-order chi connectivity index (χ1) is 7.40. The summed E-state index contributed by atoms with van der Waals surface area (Å²) >= 11 is 0. The minimum atomic E-state index is -0.297. The summed E-state index contributed by atoms with van der Waals surface area (Å²) in [6.07, 6.45) is 4.26. The van der Waals surface area contributed by atoms with Crippen LogP contribution in [0.1, 0.15) is 18.3 Å². The molecule has 3 nitrogen and oxygen atoms in total. The summed E-state index contributed by atoms with van der Waals surface area (Å²) < 4.78 is 16.0. The Morgan fingerprint density at radius 3 is 2.80 bits per heavy atom. The second kappa shape index (κ2) is 4.84. The van der Waals surface area contributed by atoms with Gasteiger partial charge in [0.05, 0.1) is 20.0 Å². The van der Waals surface area contributed by atoms with Crippen LogP contribution in [0.25, 0.3) is 0 Å². The molecule has 0 aliphatic carbocycles. The summed E-state index contributed by atoms with van der Waals surface area (Å²) in [5, 5.41) is 0. The zero-order valence-electron chi connectivity index (χ0n) is 8.68. The molecule has 0 saturated carbocycles. The van der Waals surface area contributed by atoms with E-state index >= 15 is 0 Å². The highest BCUT2D eigenvalue weighted by molar-refractivity contribution is 5.27. The van der Waals surface area contributed by atoms with Crippen molar-refractivity contribution in [2.45, 2.75) is 12.7 Å². The molecule has 3 heteroatoms. The van der Waals surface area contributed by atoms with Gasteiger partial charge in [-0.2, -0.15) is 0 Å².